The molecule has 2 aromatic carbocycles. The molecular weight excluding hydrogens is 448 g/mol. The lowest BCUT2D eigenvalue weighted by Gasteiger charge is -2.09. The minimum atomic E-state index is -0.175. The van der Waals surface area contributed by atoms with Crippen molar-refractivity contribution in [1.82, 2.24) is 19.2 Å². The molecular formula is C22H17BrN4OS. The number of fused-ring (bicyclic) bond motifs is 3. The van der Waals surface area contributed by atoms with E-state index in [1.54, 1.807) is 15.9 Å². The molecule has 29 heavy (non-hydrogen) atoms. The summed E-state index contributed by atoms with van der Waals surface area (Å²) in [6.07, 6.45) is 0. The first-order valence-corrected chi connectivity index (χ1v) is 10.8. The van der Waals surface area contributed by atoms with Crippen LogP contribution in [0, 0.1) is 13.8 Å². The van der Waals surface area contributed by atoms with E-state index in [0.717, 1.165) is 31.4 Å². The normalized spacial score (nSPS) is 11.6. The number of rotatable bonds is 3. The van der Waals surface area contributed by atoms with Crippen LogP contribution in [0.1, 0.15) is 16.0 Å². The fourth-order valence-corrected chi connectivity index (χ4v) is 4.90. The van der Waals surface area contributed by atoms with Crippen LogP contribution in [0.4, 0.5) is 0 Å². The van der Waals surface area contributed by atoms with E-state index in [-0.39, 0.29) is 5.69 Å². The van der Waals surface area contributed by atoms with Crippen LogP contribution in [0.25, 0.3) is 27.3 Å². The van der Waals surface area contributed by atoms with Crippen molar-refractivity contribution < 1.29 is 0 Å². The van der Waals surface area contributed by atoms with Gasteiger partial charge in [-0.3, -0.25) is 4.57 Å². The van der Waals surface area contributed by atoms with Gasteiger partial charge in [-0.25, -0.2) is 9.78 Å². The molecule has 5 aromatic rings. The van der Waals surface area contributed by atoms with Crippen molar-refractivity contribution in [1.29, 1.82) is 0 Å². The molecule has 0 saturated heterocycles. The SMILES string of the molecule is Cc1sc2c(c1C)c1nc(-c3ccccc3)nn1c(=O)n2Cc1ccc(Br)cc1. The molecule has 0 saturated carbocycles. The zero-order chi connectivity index (χ0) is 20.1. The average Bonchev–Trinajstić information content (AvgIpc) is 3.29. The van der Waals surface area contributed by atoms with Crippen LogP contribution < -0.4 is 5.69 Å². The zero-order valence-electron chi connectivity index (χ0n) is 15.9. The van der Waals surface area contributed by atoms with Crippen LogP contribution in [0.15, 0.2) is 63.9 Å². The van der Waals surface area contributed by atoms with Crippen molar-refractivity contribution in [3.63, 3.8) is 0 Å². The van der Waals surface area contributed by atoms with E-state index >= 15 is 0 Å². The van der Waals surface area contributed by atoms with Gasteiger partial charge in [0.1, 0.15) is 4.83 Å². The molecule has 144 valence electrons. The van der Waals surface area contributed by atoms with Gasteiger partial charge in [-0.2, -0.15) is 4.52 Å². The highest BCUT2D eigenvalue weighted by atomic mass is 79.9. The van der Waals surface area contributed by atoms with Crippen LogP contribution in [-0.4, -0.2) is 19.2 Å². The molecule has 0 aliphatic carbocycles. The van der Waals surface area contributed by atoms with Gasteiger partial charge in [0.15, 0.2) is 11.5 Å². The lowest BCUT2D eigenvalue weighted by Crippen LogP contribution is -2.27. The summed E-state index contributed by atoms with van der Waals surface area (Å²) in [7, 11) is 0. The van der Waals surface area contributed by atoms with Crippen molar-refractivity contribution in [2.45, 2.75) is 20.4 Å². The molecule has 0 fully saturated rings. The standard InChI is InChI=1S/C22H17BrN4OS/c1-13-14(2)29-21-18(13)20-24-19(16-6-4-3-5-7-16)25-27(20)22(28)26(21)12-15-8-10-17(23)11-9-15/h3-11H,12H2,1-2H3. The monoisotopic (exact) mass is 464 g/mol. The average molecular weight is 465 g/mol. The maximum absolute atomic E-state index is 13.4. The van der Waals surface area contributed by atoms with E-state index in [9.17, 15) is 4.79 Å². The Morgan fingerprint density at radius 2 is 1.76 bits per heavy atom. The first-order valence-electron chi connectivity index (χ1n) is 9.22. The predicted molar refractivity (Wildman–Crippen MR) is 121 cm³/mol. The number of aryl methyl sites for hydroxylation is 2. The highest BCUT2D eigenvalue weighted by molar-refractivity contribution is 9.10. The molecule has 0 aliphatic rings. The van der Waals surface area contributed by atoms with E-state index in [2.05, 4.69) is 34.9 Å². The lowest BCUT2D eigenvalue weighted by molar-refractivity contribution is 0.720. The number of thiophene rings is 1. The number of halogens is 1. The molecule has 7 heteroatoms. The van der Waals surface area contributed by atoms with Gasteiger partial charge < -0.3 is 0 Å². The molecule has 3 aromatic heterocycles. The Bertz CT molecular complexity index is 1420. The number of hydrogen-bond acceptors (Lipinski definition) is 4. The summed E-state index contributed by atoms with van der Waals surface area (Å²) in [6, 6.07) is 17.8. The maximum Gasteiger partial charge on any atom is 0.352 e. The lowest BCUT2D eigenvalue weighted by atomic mass is 10.2. The van der Waals surface area contributed by atoms with Crippen LogP contribution >= 0.6 is 27.3 Å². The first kappa shape index (κ1) is 18.3. The van der Waals surface area contributed by atoms with Crippen molar-refractivity contribution >= 4 is 43.1 Å². The van der Waals surface area contributed by atoms with Gasteiger partial charge in [0.25, 0.3) is 0 Å². The van der Waals surface area contributed by atoms with Crippen LogP contribution in [-0.2, 0) is 6.54 Å². The molecule has 3 heterocycles. The fraction of sp³-hybridized carbons (Fsp3) is 0.136. The molecule has 0 bridgehead atoms. The Morgan fingerprint density at radius 1 is 1.03 bits per heavy atom. The number of nitrogens with zero attached hydrogens (tertiary/aromatic N) is 4. The van der Waals surface area contributed by atoms with E-state index in [0.29, 0.717) is 18.0 Å². The van der Waals surface area contributed by atoms with Gasteiger partial charge in [0, 0.05) is 14.9 Å². The quantitative estimate of drug-likeness (QED) is 0.368. The molecule has 5 rings (SSSR count). The highest BCUT2D eigenvalue weighted by Crippen LogP contribution is 2.32. The summed E-state index contributed by atoms with van der Waals surface area (Å²) in [6.45, 7) is 4.65. The van der Waals surface area contributed by atoms with Crippen molar-refractivity contribution in [2.24, 2.45) is 0 Å². The van der Waals surface area contributed by atoms with Crippen LogP contribution in [0.3, 0.4) is 0 Å². The van der Waals surface area contributed by atoms with Gasteiger partial charge in [0.05, 0.1) is 11.9 Å². The third kappa shape index (κ3) is 3.01. The Balaban J connectivity index is 1.80. The Hall–Kier alpha value is -2.77. The topological polar surface area (TPSA) is 52.2 Å². The second-order valence-electron chi connectivity index (χ2n) is 7.00. The van der Waals surface area contributed by atoms with Crippen LogP contribution in [0.2, 0.25) is 0 Å². The summed E-state index contributed by atoms with van der Waals surface area (Å²) >= 11 is 5.10. The minimum absolute atomic E-state index is 0.175. The summed E-state index contributed by atoms with van der Waals surface area (Å²) in [4.78, 5) is 20.3. The van der Waals surface area contributed by atoms with Crippen LogP contribution in [0.5, 0.6) is 0 Å². The molecule has 0 amide bonds. The Labute approximate surface area is 179 Å². The smallest absolute Gasteiger partial charge is 0.278 e. The van der Waals surface area contributed by atoms with E-state index < -0.39 is 0 Å². The third-order valence-corrected chi connectivity index (χ3v) is 6.90. The molecule has 0 N–H and O–H groups in total. The summed E-state index contributed by atoms with van der Waals surface area (Å²) in [5, 5.41) is 5.57. The minimum Gasteiger partial charge on any atom is -0.278 e. The number of aromatic nitrogens is 4. The Kier molecular flexibility index (Phi) is 4.37. The second kappa shape index (κ2) is 6.93. The first-order chi connectivity index (χ1) is 14.0. The summed E-state index contributed by atoms with van der Waals surface area (Å²) in [5.41, 5.74) is 3.55. The molecule has 0 spiro atoms. The fourth-order valence-electron chi connectivity index (χ4n) is 3.49. The predicted octanol–water partition coefficient (Wildman–Crippen LogP) is 5.20. The maximum atomic E-state index is 13.4. The largest absolute Gasteiger partial charge is 0.352 e. The molecule has 0 radical (unpaired) electrons. The zero-order valence-corrected chi connectivity index (χ0v) is 18.3. The Morgan fingerprint density at radius 3 is 2.48 bits per heavy atom. The molecule has 0 unspecified atom stereocenters. The molecule has 5 nitrogen and oxygen atoms in total. The summed E-state index contributed by atoms with van der Waals surface area (Å²) in [5.74, 6) is 0.564. The van der Waals surface area contributed by atoms with Gasteiger partial charge in [-0.05, 0) is 37.1 Å². The van der Waals surface area contributed by atoms with Gasteiger partial charge >= 0.3 is 5.69 Å². The highest BCUT2D eigenvalue weighted by Gasteiger charge is 2.20. The number of hydrogen-bond donors (Lipinski definition) is 0. The van der Waals surface area contributed by atoms with Gasteiger partial charge in [-0.15, -0.1) is 16.4 Å². The van der Waals surface area contributed by atoms with Crippen molar-refractivity contribution in [3.05, 3.63) is 85.6 Å². The molecule has 0 atom stereocenters. The van der Waals surface area contributed by atoms with E-state index in [1.165, 1.54) is 9.39 Å². The van der Waals surface area contributed by atoms with Gasteiger partial charge in [0.2, 0.25) is 0 Å². The van der Waals surface area contributed by atoms with E-state index in [1.807, 2.05) is 54.6 Å². The second-order valence-corrected chi connectivity index (χ2v) is 9.11. The van der Waals surface area contributed by atoms with Gasteiger partial charge in [-0.1, -0.05) is 58.4 Å². The van der Waals surface area contributed by atoms with Crippen molar-refractivity contribution in [3.8, 4) is 11.4 Å². The van der Waals surface area contributed by atoms with E-state index in [4.69, 9.17) is 4.98 Å². The summed E-state index contributed by atoms with van der Waals surface area (Å²) < 4.78 is 4.27. The number of benzene rings is 2. The molecule has 0 aliphatic heterocycles. The third-order valence-electron chi connectivity index (χ3n) is 5.14. The van der Waals surface area contributed by atoms with Crippen molar-refractivity contribution in [2.75, 3.05) is 0 Å².